The Balaban J connectivity index is 6.06. The number of hydrogen-bond acceptors (Lipinski definition) is 9. The zero-order valence-corrected chi connectivity index (χ0v) is 33.2. The maximum Gasteiger partial charge on any atom is 0.326 e. The molecule has 0 aromatic rings. The van der Waals surface area contributed by atoms with E-state index in [0.717, 1.165) is 0 Å². The van der Waals surface area contributed by atoms with Crippen molar-refractivity contribution >= 4 is 41.5 Å². The van der Waals surface area contributed by atoms with Crippen LogP contribution in [0.15, 0.2) is 4.99 Å². The van der Waals surface area contributed by atoms with Gasteiger partial charge in [-0.1, -0.05) is 55.4 Å². The lowest BCUT2D eigenvalue weighted by atomic mass is 9.97. The van der Waals surface area contributed by atoms with Gasteiger partial charge in [0, 0.05) is 6.54 Å². The summed E-state index contributed by atoms with van der Waals surface area (Å²) < 4.78 is 0. The van der Waals surface area contributed by atoms with Crippen LogP contribution in [0.3, 0.4) is 0 Å². The Morgan fingerprint density at radius 3 is 1.17 bits per heavy atom. The summed E-state index contributed by atoms with van der Waals surface area (Å²) in [5, 5.41) is 23.3. The SMILES string of the molecule is CC(C)C[C@H](NC(=O)[C@H](CC(C)C)NC(=O)[C@H](CC(C)C)NC(=O)[C@H](CC(C)C)NC(=O)[C@@H](N)CCCN=C(N)N)C(=O)N[C@@H](CCCCN)C(=O)O. The molecule has 0 aliphatic carbocycles. The largest absolute Gasteiger partial charge is 0.480 e. The van der Waals surface area contributed by atoms with E-state index in [1.807, 2.05) is 55.4 Å². The number of carbonyl (C=O) groups excluding carboxylic acids is 5. The molecule has 0 saturated carbocycles. The molecule has 17 heteroatoms. The molecule has 306 valence electrons. The number of aliphatic imine (C=N–C) groups is 1. The van der Waals surface area contributed by atoms with Gasteiger partial charge >= 0.3 is 5.97 Å². The van der Waals surface area contributed by atoms with Crippen LogP contribution in [0.4, 0.5) is 0 Å². The van der Waals surface area contributed by atoms with E-state index in [1.54, 1.807) is 0 Å². The Labute approximate surface area is 315 Å². The first-order valence-corrected chi connectivity index (χ1v) is 18.9. The number of carboxylic acids is 1. The molecule has 0 aliphatic heterocycles. The first-order valence-electron chi connectivity index (χ1n) is 18.9. The van der Waals surface area contributed by atoms with E-state index in [0.29, 0.717) is 32.4 Å². The van der Waals surface area contributed by atoms with Crippen LogP contribution in [0, 0.1) is 23.7 Å². The molecule has 0 unspecified atom stereocenters. The van der Waals surface area contributed by atoms with Crippen molar-refractivity contribution in [2.24, 2.45) is 51.6 Å². The molecule has 0 fully saturated rings. The molecule has 5 amide bonds. The highest BCUT2D eigenvalue weighted by Crippen LogP contribution is 2.13. The van der Waals surface area contributed by atoms with Crippen molar-refractivity contribution in [1.82, 2.24) is 26.6 Å². The fourth-order valence-corrected chi connectivity index (χ4v) is 5.58. The number of guanidine groups is 1. The Hall–Kier alpha value is -3.99. The zero-order valence-electron chi connectivity index (χ0n) is 33.2. The maximum absolute atomic E-state index is 13.8. The number of nitrogens with one attached hydrogen (secondary N) is 5. The van der Waals surface area contributed by atoms with E-state index in [1.165, 1.54) is 0 Å². The van der Waals surface area contributed by atoms with E-state index in [-0.39, 0.29) is 68.2 Å². The lowest BCUT2D eigenvalue weighted by Crippen LogP contribution is -2.59. The standard InChI is InChI=1S/C36H70N10O7/c1-20(2)16-26(43-30(47)24(38)12-11-15-41-36(39)40)32(49)45-28(18-22(5)6)34(51)46-29(19-23(7)8)33(50)44-27(17-21(3)4)31(48)42-25(35(52)53)13-9-10-14-37/h20-29H,9-19,37-38H2,1-8H3,(H,42,48)(H,43,47)(H,44,50)(H,45,49)(H,46,51)(H,52,53)(H4,39,40,41)/t24-,25-,26-,27-,28-,29-/m0/s1. The van der Waals surface area contributed by atoms with E-state index in [9.17, 15) is 33.9 Å². The van der Waals surface area contributed by atoms with E-state index in [4.69, 9.17) is 22.9 Å². The fourth-order valence-electron chi connectivity index (χ4n) is 5.58. The highest BCUT2D eigenvalue weighted by Gasteiger charge is 2.33. The van der Waals surface area contributed by atoms with Crippen LogP contribution in [-0.2, 0) is 28.8 Å². The molecule has 0 spiro atoms. The molecule has 0 heterocycles. The third-order valence-corrected chi connectivity index (χ3v) is 8.23. The number of aliphatic carboxylic acids is 1. The van der Waals surface area contributed by atoms with Gasteiger partial charge in [0.15, 0.2) is 5.96 Å². The zero-order chi connectivity index (χ0) is 40.8. The topological polar surface area (TPSA) is 299 Å². The van der Waals surface area contributed by atoms with Gasteiger partial charge < -0.3 is 54.6 Å². The van der Waals surface area contributed by atoms with Crippen LogP contribution in [-0.4, -0.2) is 95.9 Å². The lowest BCUT2D eigenvalue weighted by Gasteiger charge is -2.29. The molecule has 0 aromatic heterocycles. The Morgan fingerprint density at radius 2 is 0.868 bits per heavy atom. The van der Waals surface area contributed by atoms with Crippen molar-refractivity contribution in [1.29, 1.82) is 0 Å². The molecule has 53 heavy (non-hydrogen) atoms. The molecule has 0 saturated heterocycles. The molecule has 6 atom stereocenters. The number of carbonyl (C=O) groups is 6. The number of rotatable bonds is 27. The summed E-state index contributed by atoms with van der Waals surface area (Å²) in [5.41, 5.74) is 22.3. The summed E-state index contributed by atoms with van der Waals surface area (Å²) in [4.78, 5) is 83.2. The summed E-state index contributed by atoms with van der Waals surface area (Å²) in [7, 11) is 0. The normalized spacial score (nSPS) is 14.8. The first-order chi connectivity index (χ1) is 24.7. The van der Waals surface area contributed by atoms with Crippen LogP contribution in [0.25, 0.3) is 0 Å². The average Bonchev–Trinajstić information content (AvgIpc) is 3.03. The minimum Gasteiger partial charge on any atom is -0.480 e. The van der Waals surface area contributed by atoms with Gasteiger partial charge in [0.25, 0.3) is 0 Å². The molecule has 0 aliphatic rings. The van der Waals surface area contributed by atoms with Crippen molar-refractivity contribution in [3.8, 4) is 0 Å². The second-order valence-electron chi connectivity index (χ2n) is 15.5. The minimum atomic E-state index is -1.19. The Kier molecular flexibility index (Phi) is 23.9. The molecule has 0 aromatic carbocycles. The predicted molar refractivity (Wildman–Crippen MR) is 206 cm³/mol. The van der Waals surface area contributed by atoms with Gasteiger partial charge in [-0.25, -0.2) is 4.79 Å². The average molecular weight is 755 g/mol. The summed E-state index contributed by atoms with van der Waals surface area (Å²) >= 11 is 0. The lowest BCUT2D eigenvalue weighted by molar-refractivity contribution is -0.142. The fraction of sp³-hybridized carbons (Fsp3) is 0.806. The smallest absolute Gasteiger partial charge is 0.326 e. The highest BCUT2D eigenvalue weighted by atomic mass is 16.4. The number of unbranched alkanes of at least 4 members (excludes halogenated alkanes) is 1. The van der Waals surface area contributed by atoms with Crippen LogP contribution in [0.1, 0.15) is 113 Å². The van der Waals surface area contributed by atoms with E-state index >= 15 is 0 Å². The van der Waals surface area contributed by atoms with Gasteiger partial charge in [-0.15, -0.1) is 0 Å². The quantitative estimate of drug-likeness (QED) is 0.0307. The second kappa shape index (κ2) is 25.9. The van der Waals surface area contributed by atoms with Gasteiger partial charge in [0.2, 0.25) is 29.5 Å². The number of hydrogen-bond donors (Lipinski definition) is 10. The van der Waals surface area contributed by atoms with Gasteiger partial charge in [-0.05, 0) is 88.0 Å². The Morgan fingerprint density at radius 1 is 0.528 bits per heavy atom. The molecular weight excluding hydrogens is 684 g/mol. The molecular formula is C36H70N10O7. The summed E-state index contributed by atoms with van der Waals surface area (Å²) in [6.07, 6.45) is 2.99. The van der Waals surface area contributed by atoms with Crippen LogP contribution < -0.4 is 49.5 Å². The number of amides is 5. The second-order valence-corrected chi connectivity index (χ2v) is 15.5. The van der Waals surface area contributed by atoms with Gasteiger partial charge in [-0.2, -0.15) is 0 Å². The Bertz CT molecular complexity index is 1190. The van der Waals surface area contributed by atoms with Gasteiger partial charge in [0.1, 0.15) is 30.2 Å². The van der Waals surface area contributed by atoms with Gasteiger partial charge in [-0.3, -0.25) is 29.0 Å². The van der Waals surface area contributed by atoms with Crippen LogP contribution in [0.2, 0.25) is 0 Å². The molecule has 0 radical (unpaired) electrons. The third-order valence-electron chi connectivity index (χ3n) is 8.23. The van der Waals surface area contributed by atoms with Crippen molar-refractivity contribution < 1.29 is 33.9 Å². The highest BCUT2D eigenvalue weighted by molar-refractivity contribution is 5.96. The van der Waals surface area contributed by atoms with Gasteiger partial charge in [0.05, 0.1) is 6.04 Å². The number of carboxylic acid groups (broad SMARTS) is 1. The van der Waals surface area contributed by atoms with E-state index in [2.05, 4.69) is 31.6 Å². The maximum atomic E-state index is 13.8. The van der Waals surface area contributed by atoms with Crippen LogP contribution in [0.5, 0.6) is 0 Å². The molecule has 0 rings (SSSR count). The summed E-state index contributed by atoms with van der Waals surface area (Å²) in [6.45, 7) is 15.7. The number of nitrogens with two attached hydrogens (primary N) is 4. The van der Waals surface area contributed by atoms with Crippen molar-refractivity contribution in [2.75, 3.05) is 13.1 Å². The minimum absolute atomic E-state index is 0.00772. The summed E-state index contributed by atoms with van der Waals surface area (Å²) in [6, 6.07) is -6.23. The van der Waals surface area contributed by atoms with Crippen molar-refractivity contribution in [3.05, 3.63) is 0 Å². The van der Waals surface area contributed by atoms with Crippen molar-refractivity contribution in [2.45, 2.75) is 149 Å². The summed E-state index contributed by atoms with van der Waals surface area (Å²) in [5.74, 6) is -4.32. The van der Waals surface area contributed by atoms with Crippen molar-refractivity contribution in [3.63, 3.8) is 0 Å². The van der Waals surface area contributed by atoms with E-state index < -0.39 is 71.8 Å². The molecule has 14 N–H and O–H groups in total. The molecule has 0 bridgehead atoms. The molecule has 17 nitrogen and oxygen atoms in total. The number of nitrogens with zero attached hydrogens (tertiary/aromatic N) is 1. The van der Waals surface area contributed by atoms with Crippen LogP contribution >= 0.6 is 0 Å². The predicted octanol–water partition coefficient (Wildman–Crippen LogP) is 0.189. The monoisotopic (exact) mass is 755 g/mol. The third kappa shape index (κ3) is 22.0. The first kappa shape index (κ1) is 49.0.